The lowest BCUT2D eigenvalue weighted by atomic mass is 9.79. The van der Waals surface area contributed by atoms with Crippen LogP contribution in [0, 0.1) is 5.92 Å². The molecule has 2 atom stereocenters. The zero-order chi connectivity index (χ0) is 11.6. The molecule has 0 aromatic heterocycles. The van der Waals surface area contributed by atoms with Crippen LogP contribution in [0.25, 0.3) is 0 Å². The van der Waals surface area contributed by atoms with Gasteiger partial charge >= 0.3 is 0 Å². The molecule has 1 saturated heterocycles. The van der Waals surface area contributed by atoms with E-state index in [2.05, 4.69) is 0 Å². The molecule has 1 heterocycles. The van der Waals surface area contributed by atoms with E-state index in [1.54, 1.807) is 0 Å². The van der Waals surface area contributed by atoms with Gasteiger partial charge in [0.15, 0.2) is 0 Å². The van der Waals surface area contributed by atoms with Crippen LogP contribution in [0.5, 0.6) is 0 Å². The van der Waals surface area contributed by atoms with E-state index in [1.807, 2.05) is 11.2 Å². The van der Waals surface area contributed by atoms with Gasteiger partial charge < -0.3 is 0 Å². The maximum absolute atomic E-state index is 12.2. The predicted molar refractivity (Wildman–Crippen MR) is 65.8 cm³/mol. The molecule has 2 fully saturated rings. The summed E-state index contributed by atoms with van der Waals surface area (Å²) in [5.41, 5.74) is 0. The van der Waals surface area contributed by atoms with Crippen molar-refractivity contribution in [2.75, 3.05) is 12.3 Å². The molecule has 1 aliphatic carbocycles. The van der Waals surface area contributed by atoms with Gasteiger partial charge in [0.1, 0.15) is 0 Å². The first kappa shape index (κ1) is 12.4. The summed E-state index contributed by atoms with van der Waals surface area (Å²) < 4.78 is 26.2. The van der Waals surface area contributed by atoms with Gasteiger partial charge in [-0.3, -0.25) is 0 Å². The topological polar surface area (TPSA) is 37.4 Å². The number of piperidine rings is 1. The maximum atomic E-state index is 12.2. The van der Waals surface area contributed by atoms with Gasteiger partial charge in [0.2, 0.25) is 10.0 Å². The number of fused-ring (bicyclic) bond motifs is 1. The Balaban J connectivity index is 2.13. The molecule has 1 aliphatic heterocycles. The van der Waals surface area contributed by atoms with Crippen LogP contribution in [-0.4, -0.2) is 31.1 Å². The van der Waals surface area contributed by atoms with Crippen molar-refractivity contribution >= 4 is 10.0 Å². The van der Waals surface area contributed by atoms with Crippen LogP contribution in [0.3, 0.4) is 0 Å². The van der Waals surface area contributed by atoms with Crippen molar-refractivity contribution in [3.05, 3.63) is 0 Å². The molecule has 0 aromatic carbocycles. The minimum absolute atomic E-state index is 0.330. The lowest BCUT2D eigenvalue weighted by molar-refractivity contribution is 0.129. The first-order valence-electron chi connectivity index (χ1n) is 6.64. The highest BCUT2D eigenvalue weighted by Gasteiger charge is 2.38. The Morgan fingerprint density at radius 1 is 1.12 bits per heavy atom. The molecule has 0 radical (unpaired) electrons. The number of rotatable bonds is 3. The Kier molecular flexibility index (Phi) is 3.90. The summed E-state index contributed by atoms with van der Waals surface area (Å²) in [5.74, 6) is 0.977. The Morgan fingerprint density at radius 2 is 1.81 bits per heavy atom. The Hall–Kier alpha value is -0.0900. The molecule has 0 bridgehead atoms. The summed E-state index contributed by atoms with van der Waals surface area (Å²) in [6.07, 6.45) is 7.86. The van der Waals surface area contributed by atoms with E-state index >= 15 is 0 Å². The third-order valence-electron chi connectivity index (χ3n) is 4.01. The Labute approximate surface area is 99.3 Å². The molecule has 3 nitrogen and oxygen atoms in total. The fraction of sp³-hybridized carbons (Fsp3) is 1.00. The normalized spacial score (nSPS) is 32.3. The predicted octanol–water partition coefficient (Wildman–Crippen LogP) is 2.38. The largest absolute Gasteiger partial charge is 0.214 e. The van der Waals surface area contributed by atoms with Crippen LogP contribution in [0.1, 0.15) is 51.9 Å². The van der Waals surface area contributed by atoms with Gasteiger partial charge in [-0.2, -0.15) is 4.31 Å². The minimum Gasteiger partial charge on any atom is -0.212 e. The monoisotopic (exact) mass is 245 g/mol. The van der Waals surface area contributed by atoms with Crippen LogP contribution in [0.4, 0.5) is 0 Å². The highest BCUT2D eigenvalue weighted by Crippen LogP contribution is 2.36. The van der Waals surface area contributed by atoms with Gasteiger partial charge in [0.05, 0.1) is 5.75 Å². The van der Waals surface area contributed by atoms with Gasteiger partial charge in [-0.25, -0.2) is 8.42 Å². The lowest BCUT2D eigenvalue weighted by Crippen LogP contribution is -2.50. The van der Waals surface area contributed by atoms with E-state index in [9.17, 15) is 8.42 Å². The number of sulfonamides is 1. The molecule has 2 aliphatic rings. The molecule has 16 heavy (non-hydrogen) atoms. The first-order chi connectivity index (χ1) is 7.65. The van der Waals surface area contributed by atoms with Crippen molar-refractivity contribution in [2.45, 2.75) is 57.9 Å². The van der Waals surface area contributed by atoms with Gasteiger partial charge in [0, 0.05) is 12.6 Å². The molecule has 4 heteroatoms. The number of hydrogen-bond acceptors (Lipinski definition) is 2. The molecule has 2 rings (SSSR count). The van der Waals surface area contributed by atoms with Gasteiger partial charge in [0.25, 0.3) is 0 Å². The van der Waals surface area contributed by atoms with Gasteiger partial charge in [-0.1, -0.05) is 19.8 Å². The zero-order valence-corrected chi connectivity index (χ0v) is 11.0. The lowest BCUT2D eigenvalue weighted by Gasteiger charge is -2.43. The van der Waals surface area contributed by atoms with E-state index in [4.69, 9.17) is 0 Å². The van der Waals surface area contributed by atoms with E-state index in [1.165, 1.54) is 25.7 Å². The SMILES string of the molecule is CCCS(=O)(=O)N1CCC[C@H]2CCCC[C@H]21. The molecule has 0 amide bonds. The summed E-state index contributed by atoms with van der Waals surface area (Å²) in [6, 6.07) is 0.332. The summed E-state index contributed by atoms with van der Waals surface area (Å²) in [4.78, 5) is 0. The summed E-state index contributed by atoms with van der Waals surface area (Å²) in [6.45, 7) is 2.71. The van der Waals surface area contributed by atoms with E-state index < -0.39 is 10.0 Å². The standard InChI is InChI=1S/C12H23NO2S/c1-2-10-16(14,15)13-9-5-7-11-6-3-4-8-12(11)13/h11-12H,2-10H2,1H3/t11-,12-/m1/s1. The highest BCUT2D eigenvalue weighted by atomic mass is 32.2. The molecule has 0 spiro atoms. The summed E-state index contributed by atoms with van der Waals surface area (Å²) in [5, 5.41) is 0. The van der Waals surface area contributed by atoms with Crippen molar-refractivity contribution in [1.82, 2.24) is 4.31 Å². The average molecular weight is 245 g/mol. The second-order valence-corrected chi connectivity index (χ2v) is 7.22. The van der Waals surface area contributed by atoms with Crippen molar-refractivity contribution in [2.24, 2.45) is 5.92 Å². The molecular weight excluding hydrogens is 222 g/mol. The molecular formula is C12H23NO2S. The van der Waals surface area contributed by atoms with Crippen LogP contribution in [0.15, 0.2) is 0 Å². The zero-order valence-electron chi connectivity index (χ0n) is 10.2. The summed E-state index contributed by atoms with van der Waals surface area (Å²) in [7, 11) is -2.97. The van der Waals surface area contributed by atoms with Gasteiger partial charge in [-0.05, 0) is 38.0 Å². The van der Waals surface area contributed by atoms with Crippen molar-refractivity contribution in [3.63, 3.8) is 0 Å². The van der Waals surface area contributed by atoms with E-state index in [0.717, 1.165) is 25.8 Å². The third-order valence-corrected chi connectivity index (χ3v) is 6.10. The second-order valence-electron chi connectivity index (χ2n) is 5.18. The molecule has 0 aromatic rings. The first-order valence-corrected chi connectivity index (χ1v) is 8.25. The highest BCUT2D eigenvalue weighted by molar-refractivity contribution is 7.89. The quantitative estimate of drug-likeness (QED) is 0.765. The fourth-order valence-electron chi connectivity index (χ4n) is 3.30. The van der Waals surface area contributed by atoms with Crippen molar-refractivity contribution < 1.29 is 8.42 Å². The van der Waals surface area contributed by atoms with E-state index in [0.29, 0.717) is 17.7 Å². The van der Waals surface area contributed by atoms with Crippen LogP contribution >= 0.6 is 0 Å². The van der Waals surface area contributed by atoms with Crippen molar-refractivity contribution in [3.8, 4) is 0 Å². The smallest absolute Gasteiger partial charge is 0.212 e. The fourth-order valence-corrected chi connectivity index (χ4v) is 5.15. The molecule has 0 N–H and O–H groups in total. The van der Waals surface area contributed by atoms with Crippen LogP contribution in [0.2, 0.25) is 0 Å². The van der Waals surface area contributed by atoms with Crippen molar-refractivity contribution in [1.29, 1.82) is 0 Å². The number of hydrogen-bond donors (Lipinski definition) is 0. The second kappa shape index (κ2) is 5.05. The average Bonchev–Trinajstić information content (AvgIpc) is 2.28. The van der Waals surface area contributed by atoms with Crippen LogP contribution in [-0.2, 0) is 10.0 Å². The van der Waals surface area contributed by atoms with E-state index in [-0.39, 0.29) is 0 Å². The van der Waals surface area contributed by atoms with Gasteiger partial charge in [-0.15, -0.1) is 0 Å². The third kappa shape index (κ3) is 2.43. The Morgan fingerprint density at radius 3 is 2.56 bits per heavy atom. The molecule has 0 unspecified atom stereocenters. The summed E-state index contributed by atoms with van der Waals surface area (Å²) >= 11 is 0. The maximum Gasteiger partial charge on any atom is 0.214 e. The molecule has 94 valence electrons. The minimum atomic E-state index is -2.97. The van der Waals surface area contributed by atoms with Crippen LogP contribution < -0.4 is 0 Å². The number of nitrogens with zero attached hydrogens (tertiary/aromatic N) is 1. The Bertz CT molecular complexity index is 324. The molecule has 1 saturated carbocycles.